The zero-order chi connectivity index (χ0) is 28.1. The summed E-state index contributed by atoms with van der Waals surface area (Å²) in [6, 6.07) is 14.5. The zero-order valence-electron chi connectivity index (χ0n) is 21.2. The van der Waals surface area contributed by atoms with Crippen LogP contribution in [0.1, 0.15) is 11.1 Å². The number of benzene rings is 3. The quantitative estimate of drug-likeness (QED) is 0.366. The van der Waals surface area contributed by atoms with Gasteiger partial charge in [0.2, 0.25) is 5.91 Å². The molecule has 0 spiro atoms. The summed E-state index contributed by atoms with van der Waals surface area (Å²) in [5.41, 5.74) is -0.717. The fourth-order valence-corrected chi connectivity index (χ4v) is 5.10. The van der Waals surface area contributed by atoms with Gasteiger partial charge in [0.1, 0.15) is 12.3 Å². The first-order chi connectivity index (χ1) is 17.9. The van der Waals surface area contributed by atoms with Crippen molar-refractivity contribution in [3.05, 3.63) is 77.9 Å². The van der Waals surface area contributed by atoms with Gasteiger partial charge in [-0.15, -0.1) is 0 Å². The van der Waals surface area contributed by atoms with E-state index in [0.717, 1.165) is 12.1 Å². The summed E-state index contributed by atoms with van der Waals surface area (Å²) in [6.07, 6.45) is -4.72. The van der Waals surface area contributed by atoms with E-state index < -0.39 is 34.2 Å². The van der Waals surface area contributed by atoms with Gasteiger partial charge in [0.15, 0.2) is 11.5 Å². The van der Waals surface area contributed by atoms with Gasteiger partial charge in [0.05, 0.1) is 37.5 Å². The van der Waals surface area contributed by atoms with Gasteiger partial charge < -0.3 is 19.1 Å². The Hall–Kier alpha value is -3.93. The number of carbonyl (C=O) groups excluding carboxylic acids is 1. The Morgan fingerprint density at radius 2 is 1.50 bits per heavy atom. The topological polar surface area (TPSA) is 85.4 Å². The second-order valence-electron chi connectivity index (χ2n) is 8.14. The highest BCUT2D eigenvalue weighted by Crippen LogP contribution is 2.35. The van der Waals surface area contributed by atoms with Crippen LogP contribution in [0.3, 0.4) is 0 Å². The first-order valence-corrected chi connectivity index (χ1v) is 12.6. The third-order valence-electron chi connectivity index (χ3n) is 5.71. The summed E-state index contributed by atoms with van der Waals surface area (Å²) in [4.78, 5) is 14.2. The van der Waals surface area contributed by atoms with Crippen molar-refractivity contribution in [2.75, 3.05) is 39.2 Å². The van der Waals surface area contributed by atoms with Gasteiger partial charge in [0, 0.05) is 25.2 Å². The highest BCUT2D eigenvalue weighted by Gasteiger charge is 2.34. The second-order valence-corrected chi connectivity index (χ2v) is 10.0. The average Bonchev–Trinajstić information content (AvgIpc) is 2.90. The zero-order valence-corrected chi connectivity index (χ0v) is 22.0. The molecule has 0 saturated heterocycles. The molecular weight excluding hydrogens is 525 g/mol. The van der Waals surface area contributed by atoms with Crippen LogP contribution < -0.4 is 18.5 Å². The summed E-state index contributed by atoms with van der Waals surface area (Å²) in [5.74, 6) is 0.221. The predicted molar refractivity (Wildman–Crippen MR) is 135 cm³/mol. The number of anilines is 1. The van der Waals surface area contributed by atoms with Crippen LogP contribution in [0.5, 0.6) is 17.2 Å². The molecule has 0 fully saturated rings. The van der Waals surface area contributed by atoms with Gasteiger partial charge in [0.25, 0.3) is 10.0 Å². The molecule has 0 bridgehead atoms. The third-order valence-corrected chi connectivity index (χ3v) is 7.48. The predicted octanol–water partition coefficient (Wildman–Crippen LogP) is 4.59. The maximum Gasteiger partial charge on any atom is 0.416 e. The number of hydrogen-bond acceptors (Lipinski definition) is 6. The Kier molecular flexibility index (Phi) is 8.77. The van der Waals surface area contributed by atoms with E-state index in [1.807, 2.05) is 0 Å². The smallest absolute Gasteiger partial charge is 0.416 e. The molecule has 0 aliphatic rings. The molecule has 0 heterocycles. The van der Waals surface area contributed by atoms with E-state index >= 15 is 0 Å². The molecule has 3 aromatic rings. The lowest BCUT2D eigenvalue weighted by atomic mass is 10.2. The maximum atomic E-state index is 13.7. The molecule has 0 aliphatic carbocycles. The van der Waals surface area contributed by atoms with Crippen LogP contribution in [-0.2, 0) is 27.5 Å². The minimum absolute atomic E-state index is 0.0791. The maximum absolute atomic E-state index is 13.7. The first kappa shape index (κ1) is 28.6. The minimum atomic E-state index is -4.72. The number of sulfonamides is 1. The van der Waals surface area contributed by atoms with Crippen molar-refractivity contribution >= 4 is 21.6 Å². The van der Waals surface area contributed by atoms with Gasteiger partial charge >= 0.3 is 6.18 Å². The Balaban J connectivity index is 2.04. The van der Waals surface area contributed by atoms with Crippen molar-refractivity contribution in [3.8, 4) is 17.2 Å². The second kappa shape index (κ2) is 11.6. The molecular formula is C26H27F3N2O6S. The molecule has 1 amide bonds. The molecule has 0 N–H and O–H groups in total. The van der Waals surface area contributed by atoms with E-state index in [1.54, 1.807) is 24.3 Å². The Labute approximate surface area is 219 Å². The van der Waals surface area contributed by atoms with Gasteiger partial charge in [-0.1, -0.05) is 24.3 Å². The summed E-state index contributed by atoms with van der Waals surface area (Å²) < 4.78 is 84.1. The van der Waals surface area contributed by atoms with Gasteiger partial charge in [-0.3, -0.25) is 9.10 Å². The molecule has 12 heteroatoms. The van der Waals surface area contributed by atoms with Gasteiger partial charge in [-0.2, -0.15) is 13.2 Å². The van der Waals surface area contributed by atoms with E-state index in [1.165, 1.54) is 57.5 Å². The highest BCUT2D eigenvalue weighted by molar-refractivity contribution is 7.92. The van der Waals surface area contributed by atoms with Gasteiger partial charge in [-0.05, 0) is 36.4 Å². The first-order valence-electron chi connectivity index (χ1n) is 11.2. The molecule has 3 aromatic carbocycles. The van der Waals surface area contributed by atoms with Crippen LogP contribution in [-0.4, -0.2) is 54.1 Å². The number of likely N-dealkylation sites (N-methyl/N-ethyl adjacent to an activating group) is 1. The number of ether oxygens (including phenoxy) is 3. The SMILES string of the molecule is COc1ccccc1CN(C)C(=O)CN(c1cccc(C(F)(F)F)c1)S(=O)(=O)c1ccc(OC)c(OC)c1. The molecule has 0 unspecified atom stereocenters. The van der Waals surface area contributed by atoms with Crippen molar-refractivity contribution in [2.45, 2.75) is 17.6 Å². The van der Waals surface area contributed by atoms with Crippen LogP contribution in [0.25, 0.3) is 0 Å². The third kappa shape index (κ3) is 6.31. The number of carbonyl (C=O) groups is 1. The molecule has 0 saturated carbocycles. The number of hydrogen-bond donors (Lipinski definition) is 0. The van der Waals surface area contributed by atoms with Crippen molar-refractivity contribution in [2.24, 2.45) is 0 Å². The van der Waals surface area contributed by atoms with Crippen molar-refractivity contribution in [3.63, 3.8) is 0 Å². The van der Waals surface area contributed by atoms with E-state index in [0.29, 0.717) is 21.7 Å². The van der Waals surface area contributed by atoms with Crippen molar-refractivity contribution < 1.29 is 40.6 Å². The Morgan fingerprint density at radius 1 is 0.842 bits per heavy atom. The Bertz CT molecular complexity index is 1400. The van der Waals surface area contributed by atoms with E-state index in [-0.39, 0.29) is 28.6 Å². The number of alkyl halides is 3. The number of para-hydroxylation sites is 1. The monoisotopic (exact) mass is 552 g/mol. The molecule has 0 aliphatic heterocycles. The fraction of sp³-hybridized carbons (Fsp3) is 0.269. The number of nitrogens with zero attached hydrogens (tertiary/aromatic N) is 2. The van der Waals surface area contributed by atoms with E-state index in [2.05, 4.69) is 0 Å². The number of methoxy groups -OCH3 is 3. The van der Waals surface area contributed by atoms with Crippen molar-refractivity contribution in [1.29, 1.82) is 0 Å². The number of rotatable bonds is 10. The minimum Gasteiger partial charge on any atom is -0.496 e. The van der Waals surface area contributed by atoms with Gasteiger partial charge in [-0.25, -0.2) is 8.42 Å². The standard InChI is InChI=1S/C26H27F3N2O6S/c1-30(16-18-8-5-6-11-22(18)35-2)25(32)17-31(20-10-7-9-19(14-20)26(27,28)29)38(33,34)21-12-13-23(36-3)24(15-21)37-4/h5-15H,16-17H2,1-4H3. The summed E-state index contributed by atoms with van der Waals surface area (Å²) in [5, 5.41) is 0. The normalized spacial score (nSPS) is 11.6. The van der Waals surface area contributed by atoms with Crippen LogP contribution in [0, 0.1) is 0 Å². The summed E-state index contributed by atoms with van der Waals surface area (Å²) >= 11 is 0. The lowest BCUT2D eigenvalue weighted by molar-refractivity contribution is -0.137. The van der Waals surface area contributed by atoms with Crippen LogP contribution in [0.4, 0.5) is 18.9 Å². The molecule has 3 rings (SSSR count). The van der Waals surface area contributed by atoms with Crippen LogP contribution >= 0.6 is 0 Å². The summed E-state index contributed by atoms with van der Waals surface area (Å²) in [6.45, 7) is -0.681. The molecule has 204 valence electrons. The highest BCUT2D eigenvalue weighted by atomic mass is 32.2. The van der Waals surface area contributed by atoms with E-state index in [9.17, 15) is 26.4 Å². The summed E-state index contributed by atoms with van der Waals surface area (Å²) in [7, 11) is 1.10. The molecule has 0 radical (unpaired) electrons. The number of amides is 1. The Morgan fingerprint density at radius 3 is 2.13 bits per heavy atom. The van der Waals surface area contributed by atoms with E-state index in [4.69, 9.17) is 14.2 Å². The molecule has 0 aromatic heterocycles. The largest absolute Gasteiger partial charge is 0.496 e. The van der Waals surface area contributed by atoms with Crippen LogP contribution in [0.2, 0.25) is 0 Å². The molecule has 38 heavy (non-hydrogen) atoms. The molecule has 0 atom stereocenters. The molecule has 8 nitrogen and oxygen atoms in total. The fourth-order valence-electron chi connectivity index (χ4n) is 3.68. The van der Waals surface area contributed by atoms with Crippen LogP contribution in [0.15, 0.2) is 71.6 Å². The lowest BCUT2D eigenvalue weighted by Gasteiger charge is -2.27. The lowest BCUT2D eigenvalue weighted by Crippen LogP contribution is -2.41. The van der Waals surface area contributed by atoms with Crippen molar-refractivity contribution in [1.82, 2.24) is 4.90 Å². The average molecular weight is 553 g/mol. The number of halogens is 3.